The predicted octanol–water partition coefficient (Wildman–Crippen LogP) is 6.64. The second kappa shape index (κ2) is 10.6. The molecule has 0 spiro atoms. The number of rotatable bonds is 3. The lowest BCUT2D eigenvalue weighted by Gasteiger charge is -2.46. The Balaban J connectivity index is 0.000000156. The van der Waals surface area contributed by atoms with Crippen molar-refractivity contribution in [3.8, 4) is 0 Å². The lowest BCUT2D eigenvalue weighted by Crippen LogP contribution is -2.49. The molecule has 4 aliphatic rings. The van der Waals surface area contributed by atoms with Crippen LogP contribution in [0.3, 0.4) is 0 Å². The summed E-state index contributed by atoms with van der Waals surface area (Å²) >= 11 is 0. The Kier molecular flexibility index (Phi) is 8.51. The molecule has 2 aliphatic heterocycles. The van der Waals surface area contributed by atoms with Crippen molar-refractivity contribution >= 4 is 0 Å². The van der Waals surface area contributed by atoms with Crippen molar-refractivity contribution in [1.29, 1.82) is 0 Å². The van der Waals surface area contributed by atoms with E-state index in [2.05, 4.69) is 23.6 Å². The van der Waals surface area contributed by atoms with Crippen LogP contribution in [0.1, 0.15) is 117 Å². The summed E-state index contributed by atoms with van der Waals surface area (Å²) in [6.07, 6.45) is 23.4. The van der Waals surface area contributed by atoms with Gasteiger partial charge in [-0.25, -0.2) is 0 Å². The average Bonchev–Trinajstić information content (AvgIpc) is 2.71. The molecule has 0 N–H and O–H groups in total. The van der Waals surface area contributed by atoms with Crippen molar-refractivity contribution in [2.45, 2.75) is 122 Å². The van der Waals surface area contributed by atoms with Crippen LogP contribution in [0.4, 0.5) is 0 Å². The van der Waals surface area contributed by atoms with Crippen molar-refractivity contribution in [3.05, 3.63) is 0 Å². The smallest absolute Gasteiger partial charge is 0.0181 e. The van der Waals surface area contributed by atoms with E-state index < -0.39 is 0 Å². The zero-order valence-electron chi connectivity index (χ0n) is 18.7. The molecule has 4 fully saturated rings. The highest BCUT2D eigenvalue weighted by Gasteiger charge is 2.33. The van der Waals surface area contributed by atoms with Crippen LogP contribution in [-0.2, 0) is 0 Å². The van der Waals surface area contributed by atoms with Crippen LogP contribution in [0.2, 0.25) is 0 Å². The van der Waals surface area contributed by atoms with Gasteiger partial charge in [-0.1, -0.05) is 58.3 Å². The van der Waals surface area contributed by atoms with E-state index in [0.717, 1.165) is 0 Å². The molecule has 0 amide bonds. The van der Waals surface area contributed by atoms with Gasteiger partial charge in [0.05, 0.1) is 0 Å². The van der Waals surface area contributed by atoms with E-state index in [1.165, 1.54) is 135 Å². The Morgan fingerprint density at radius 2 is 0.963 bits per heavy atom. The van der Waals surface area contributed by atoms with Crippen molar-refractivity contribution in [2.24, 2.45) is 5.41 Å². The van der Waals surface area contributed by atoms with Gasteiger partial charge < -0.3 is 4.90 Å². The molecular weight excluding hydrogens is 328 g/mol. The summed E-state index contributed by atoms with van der Waals surface area (Å²) in [5.74, 6) is 0. The summed E-state index contributed by atoms with van der Waals surface area (Å²) in [5.41, 5.74) is 1.24. The zero-order valence-corrected chi connectivity index (χ0v) is 18.7. The van der Waals surface area contributed by atoms with Crippen molar-refractivity contribution in [2.75, 3.05) is 32.7 Å². The van der Waals surface area contributed by atoms with Gasteiger partial charge in [-0.05, 0) is 89.9 Å². The van der Waals surface area contributed by atoms with Gasteiger partial charge in [-0.3, -0.25) is 4.90 Å². The molecule has 2 heteroatoms. The Labute approximate surface area is 170 Å². The van der Waals surface area contributed by atoms with Crippen LogP contribution in [0, 0.1) is 5.41 Å². The minimum Gasteiger partial charge on any atom is -0.303 e. The van der Waals surface area contributed by atoms with E-state index in [-0.39, 0.29) is 0 Å². The summed E-state index contributed by atoms with van der Waals surface area (Å²) < 4.78 is 0. The first kappa shape index (κ1) is 21.6. The maximum atomic E-state index is 2.77. The first-order valence-electron chi connectivity index (χ1n) is 12.6. The van der Waals surface area contributed by atoms with Crippen LogP contribution >= 0.6 is 0 Å². The average molecular weight is 377 g/mol. The number of piperidine rings is 2. The molecule has 0 bridgehead atoms. The Morgan fingerprint density at radius 1 is 0.519 bits per heavy atom. The fraction of sp³-hybridized carbons (Fsp3) is 1.00. The number of nitrogens with zero attached hydrogens (tertiary/aromatic N) is 2. The summed E-state index contributed by atoms with van der Waals surface area (Å²) in [6.45, 7) is 11.9. The maximum absolute atomic E-state index is 2.77. The van der Waals surface area contributed by atoms with E-state index in [1.807, 2.05) is 0 Å². The van der Waals surface area contributed by atoms with Crippen molar-refractivity contribution < 1.29 is 0 Å². The van der Waals surface area contributed by atoms with Gasteiger partial charge in [0.2, 0.25) is 0 Å². The molecule has 0 aromatic rings. The van der Waals surface area contributed by atoms with E-state index in [0.29, 0.717) is 11.0 Å². The van der Waals surface area contributed by atoms with Gasteiger partial charge in [0.25, 0.3) is 0 Å². The highest BCUT2D eigenvalue weighted by atomic mass is 15.2. The molecule has 2 saturated carbocycles. The van der Waals surface area contributed by atoms with Crippen molar-refractivity contribution in [1.82, 2.24) is 9.80 Å². The Morgan fingerprint density at radius 3 is 1.52 bits per heavy atom. The molecule has 0 atom stereocenters. The SMILES string of the molecule is CC1(CN2CCCCC2)CCCCC1.CC1(N2CCCCC2)CCCCC1. The topological polar surface area (TPSA) is 6.48 Å². The van der Waals surface area contributed by atoms with E-state index in [1.54, 1.807) is 0 Å². The highest BCUT2D eigenvalue weighted by Crippen LogP contribution is 2.37. The third kappa shape index (κ3) is 6.74. The highest BCUT2D eigenvalue weighted by molar-refractivity contribution is 4.90. The zero-order chi connectivity index (χ0) is 19.0. The monoisotopic (exact) mass is 376 g/mol. The lowest BCUT2D eigenvalue weighted by atomic mass is 9.75. The van der Waals surface area contributed by atoms with Gasteiger partial charge in [0, 0.05) is 12.1 Å². The quantitative estimate of drug-likeness (QED) is 0.545. The molecule has 27 heavy (non-hydrogen) atoms. The lowest BCUT2D eigenvalue weighted by molar-refractivity contribution is 0.0486. The van der Waals surface area contributed by atoms with E-state index in [9.17, 15) is 0 Å². The van der Waals surface area contributed by atoms with Gasteiger partial charge >= 0.3 is 0 Å². The third-order valence-electron chi connectivity index (χ3n) is 8.16. The molecular formula is C25H48N2. The number of hydrogen-bond donors (Lipinski definition) is 0. The number of hydrogen-bond acceptors (Lipinski definition) is 2. The fourth-order valence-electron chi connectivity index (χ4n) is 6.28. The molecule has 2 aliphatic carbocycles. The molecule has 2 saturated heterocycles. The molecule has 0 aromatic carbocycles. The molecule has 0 aromatic heterocycles. The van der Waals surface area contributed by atoms with Crippen LogP contribution in [0.25, 0.3) is 0 Å². The van der Waals surface area contributed by atoms with Crippen LogP contribution in [0.15, 0.2) is 0 Å². The minimum atomic E-state index is 0.582. The minimum absolute atomic E-state index is 0.582. The first-order valence-corrected chi connectivity index (χ1v) is 12.6. The summed E-state index contributed by atoms with van der Waals surface area (Å²) in [7, 11) is 0. The maximum Gasteiger partial charge on any atom is 0.0181 e. The summed E-state index contributed by atoms with van der Waals surface area (Å²) in [4.78, 5) is 5.49. The van der Waals surface area contributed by atoms with Crippen LogP contribution < -0.4 is 0 Å². The summed E-state index contributed by atoms with van der Waals surface area (Å²) in [5, 5.41) is 0. The first-order chi connectivity index (χ1) is 13.1. The second-order valence-corrected chi connectivity index (χ2v) is 10.8. The largest absolute Gasteiger partial charge is 0.303 e. The second-order valence-electron chi connectivity index (χ2n) is 10.8. The third-order valence-corrected chi connectivity index (χ3v) is 8.16. The van der Waals surface area contributed by atoms with Gasteiger partial charge in [0.15, 0.2) is 0 Å². The van der Waals surface area contributed by atoms with E-state index >= 15 is 0 Å². The predicted molar refractivity (Wildman–Crippen MR) is 118 cm³/mol. The molecule has 2 nitrogen and oxygen atoms in total. The Bertz CT molecular complexity index is 395. The van der Waals surface area contributed by atoms with Crippen LogP contribution in [0.5, 0.6) is 0 Å². The molecule has 0 radical (unpaired) electrons. The Hall–Kier alpha value is -0.0800. The summed E-state index contributed by atoms with van der Waals surface area (Å²) in [6, 6.07) is 0. The normalized spacial score (nSPS) is 29.6. The van der Waals surface area contributed by atoms with Gasteiger partial charge in [0.1, 0.15) is 0 Å². The molecule has 2 heterocycles. The number of likely N-dealkylation sites (tertiary alicyclic amines) is 2. The fourth-order valence-corrected chi connectivity index (χ4v) is 6.28. The van der Waals surface area contributed by atoms with E-state index in [4.69, 9.17) is 0 Å². The van der Waals surface area contributed by atoms with Gasteiger partial charge in [-0.2, -0.15) is 0 Å². The van der Waals surface area contributed by atoms with Crippen LogP contribution in [-0.4, -0.2) is 48.1 Å². The molecule has 158 valence electrons. The molecule has 4 rings (SSSR count). The van der Waals surface area contributed by atoms with Gasteiger partial charge in [-0.15, -0.1) is 0 Å². The van der Waals surface area contributed by atoms with Crippen molar-refractivity contribution in [3.63, 3.8) is 0 Å². The standard InChI is InChI=1S/C13H25N.C12H23N/c1-13(8-4-2-5-9-13)12-14-10-6-3-7-11-14;1-12(8-4-2-5-9-12)13-10-6-3-7-11-13/h2-12H2,1H3;2-11H2,1H3. The molecule has 0 unspecified atom stereocenters.